The van der Waals surface area contributed by atoms with Gasteiger partial charge in [-0.25, -0.2) is 4.98 Å². The van der Waals surface area contributed by atoms with Crippen molar-refractivity contribution in [2.24, 2.45) is 0 Å². The Kier molecular flexibility index (Phi) is 6.79. The highest BCUT2D eigenvalue weighted by Gasteiger charge is 2.34. The summed E-state index contributed by atoms with van der Waals surface area (Å²) in [6.45, 7) is 0. The van der Waals surface area contributed by atoms with E-state index in [0.29, 0.717) is 6.07 Å². The summed E-state index contributed by atoms with van der Waals surface area (Å²) in [4.78, 5) is 38.9. The number of ketones is 1. The Bertz CT molecular complexity index is 844. The molecule has 1 aromatic heterocycles. The average molecular weight is 440 g/mol. The van der Waals surface area contributed by atoms with Crippen LogP contribution < -0.4 is 10.6 Å². The lowest BCUT2D eigenvalue weighted by Gasteiger charge is -2.18. The zero-order chi connectivity index (χ0) is 20.2. The smallest absolute Gasteiger partial charge is 0.335 e. The summed E-state index contributed by atoms with van der Waals surface area (Å²) in [6, 6.07) is 1.60. The van der Waals surface area contributed by atoms with Crippen molar-refractivity contribution >= 4 is 57.3 Å². The number of benzene rings is 1. The van der Waals surface area contributed by atoms with Crippen molar-refractivity contribution in [3.05, 3.63) is 47.0 Å². The van der Waals surface area contributed by atoms with Gasteiger partial charge in [0.15, 0.2) is 21.8 Å². The number of thiazole rings is 1. The van der Waals surface area contributed by atoms with Crippen molar-refractivity contribution in [2.45, 2.75) is 17.1 Å². The highest BCUT2D eigenvalue weighted by Crippen LogP contribution is 2.29. The Balaban J connectivity index is 2.32. The van der Waals surface area contributed by atoms with Crippen molar-refractivity contribution in [3.63, 3.8) is 0 Å². The number of rotatable bonds is 6. The van der Waals surface area contributed by atoms with E-state index in [2.05, 4.69) is 10.3 Å². The van der Waals surface area contributed by atoms with Crippen LogP contribution in [0.25, 0.3) is 0 Å². The second-order valence-corrected chi connectivity index (χ2v) is 7.00. The van der Waals surface area contributed by atoms with Crippen LogP contribution in [0.3, 0.4) is 0 Å². The summed E-state index contributed by atoms with van der Waals surface area (Å²) in [6.07, 6.45) is -3.30. The Morgan fingerprint density at radius 3 is 2.41 bits per heavy atom. The number of anilines is 1. The molecule has 1 aromatic carbocycles. The molecule has 0 saturated heterocycles. The molecule has 1 atom stereocenters. The summed E-state index contributed by atoms with van der Waals surface area (Å²) in [5, 5.41) is 5.98. The molecule has 6 nitrogen and oxygen atoms in total. The molecule has 0 radical (unpaired) electrons. The predicted molar refractivity (Wildman–Crippen MR) is 93.9 cm³/mol. The number of hydrogen-bond acceptors (Lipinski definition) is 5. The number of amides is 2. The maximum Gasteiger partial charge on any atom is 0.416 e. The normalized spacial score (nSPS) is 12.5. The maximum absolute atomic E-state index is 12.9. The largest absolute Gasteiger partial charge is 0.416 e. The summed E-state index contributed by atoms with van der Waals surface area (Å²) < 4.78 is 38.6. The van der Waals surface area contributed by atoms with Gasteiger partial charge in [0.05, 0.1) is 5.56 Å². The number of nitrogens with zero attached hydrogens (tertiary/aromatic N) is 1. The number of alkyl halides is 5. The zero-order valence-corrected chi connectivity index (χ0v) is 15.4. The fourth-order valence-corrected chi connectivity index (χ4v) is 2.59. The molecule has 1 unspecified atom stereocenters. The van der Waals surface area contributed by atoms with Crippen LogP contribution in [-0.4, -0.2) is 33.5 Å². The van der Waals surface area contributed by atoms with Gasteiger partial charge in [0.1, 0.15) is 0 Å². The molecule has 1 heterocycles. The summed E-state index contributed by atoms with van der Waals surface area (Å²) >= 11 is 11.9. The molecule has 144 valence electrons. The van der Waals surface area contributed by atoms with Gasteiger partial charge in [-0.2, -0.15) is 13.2 Å². The predicted octanol–water partition coefficient (Wildman–Crippen LogP) is 3.27. The van der Waals surface area contributed by atoms with E-state index >= 15 is 0 Å². The van der Waals surface area contributed by atoms with Crippen LogP contribution in [0.5, 0.6) is 0 Å². The molecule has 0 fully saturated rings. The number of Topliss-reactive ketones (excluding diaryl/α,β-unsaturated/α-hetero) is 1. The Morgan fingerprint density at radius 1 is 1.15 bits per heavy atom. The number of carbonyl (C=O) groups is 3. The molecule has 2 rings (SSSR count). The lowest BCUT2D eigenvalue weighted by atomic mass is 10.0. The molecule has 0 aliphatic carbocycles. The number of carbonyl (C=O) groups excluding carboxylic acids is 3. The highest BCUT2D eigenvalue weighted by atomic mass is 35.5. The van der Waals surface area contributed by atoms with Crippen LogP contribution >= 0.6 is 34.5 Å². The first-order valence-corrected chi connectivity index (χ1v) is 8.85. The topological polar surface area (TPSA) is 88.2 Å². The van der Waals surface area contributed by atoms with E-state index in [4.69, 9.17) is 23.2 Å². The molecule has 0 bridgehead atoms. The van der Waals surface area contributed by atoms with Crippen molar-refractivity contribution in [3.8, 4) is 0 Å². The first kappa shape index (κ1) is 21.1. The van der Waals surface area contributed by atoms with E-state index in [0.717, 1.165) is 29.5 Å². The molecular formula is C15H10Cl2F3N3O3S. The van der Waals surface area contributed by atoms with Crippen molar-refractivity contribution in [2.75, 3.05) is 5.32 Å². The van der Waals surface area contributed by atoms with Crippen molar-refractivity contribution < 1.29 is 27.6 Å². The summed E-state index contributed by atoms with van der Waals surface area (Å²) in [7, 11) is 0. The van der Waals surface area contributed by atoms with Gasteiger partial charge in [-0.3, -0.25) is 19.7 Å². The Morgan fingerprint density at radius 2 is 1.85 bits per heavy atom. The van der Waals surface area contributed by atoms with Gasteiger partial charge in [0, 0.05) is 17.1 Å². The van der Waals surface area contributed by atoms with Gasteiger partial charge in [0.25, 0.3) is 11.8 Å². The second-order valence-electron chi connectivity index (χ2n) is 5.01. The van der Waals surface area contributed by atoms with E-state index in [1.165, 1.54) is 6.20 Å². The van der Waals surface area contributed by atoms with Crippen LogP contribution in [0, 0.1) is 0 Å². The minimum absolute atomic E-state index is 0.129. The van der Waals surface area contributed by atoms with Gasteiger partial charge in [-0.1, -0.05) is 35.3 Å². The standard InChI is InChI=1S/C15H10Cl2F3N3O3S/c16-11(17)13(26)22-9(12(25)23-14-21-4-5-27-14)10(24)7-2-1-3-8(6-7)15(18,19)20/h1-6,9,11H,(H,22,26)(H,21,23,25). The van der Waals surface area contributed by atoms with E-state index < -0.39 is 45.8 Å². The van der Waals surface area contributed by atoms with Gasteiger partial charge < -0.3 is 5.32 Å². The van der Waals surface area contributed by atoms with Gasteiger partial charge in [-0.15, -0.1) is 11.3 Å². The zero-order valence-electron chi connectivity index (χ0n) is 13.1. The van der Waals surface area contributed by atoms with Gasteiger partial charge >= 0.3 is 6.18 Å². The number of halogens is 5. The summed E-state index contributed by atoms with van der Waals surface area (Å²) in [5.41, 5.74) is -1.50. The molecule has 0 saturated carbocycles. The third-order valence-corrected chi connectivity index (χ3v) is 4.23. The fraction of sp³-hybridized carbons (Fsp3) is 0.200. The maximum atomic E-state index is 12.9. The first-order valence-electron chi connectivity index (χ1n) is 7.10. The second kappa shape index (κ2) is 8.68. The lowest BCUT2D eigenvalue weighted by molar-refractivity contribution is -0.137. The lowest BCUT2D eigenvalue weighted by Crippen LogP contribution is -2.50. The number of nitrogens with one attached hydrogen (secondary N) is 2. The van der Waals surface area contributed by atoms with Crippen LogP contribution in [0.4, 0.5) is 18.3 Å². The molecule has 2 aromatic rings. The van der Waals surface area contributed by atoms with E-state index in [1.807, 2.05) is 5.32 Å². The SMILES string of the molecule is O=C(NC(C(=O)Nc1nccs1)C(=O)c1cccc(C(F)(F)F)c1)C(Cl)Cl. The molecular weight excluding hydrogens is 430 g/mol. The average Bonchev–Trinajstić information content (AvgIpc) is 3.11. The van der Waals surface area contributed by atoms with E-state index in [1.54, 1.807) is 5.38 Å². The van der Waals surface area contributed by atoms with Gasteiger partial charge in [-0.05, 0) is 12.1 Å². The number of aromatic nitrogens is 1. The molecule has 2 N–H and O–H groups in total. The van der Waals surface area contributed by atoms with E-state index in [-0.39, 0.29) is 5.13 Å². The third kappa shape index (κ3) is 5.65. The summed E-state index contributed by atoms with van der Waals surface area (Å²) in [5.74, 6) is -3.13. The number of hydrogen-bond donors (Lipinski definition) is 2. The monoisotopic (exact) mass is 439 g/mol. The highest BCUT2D eigenvalue weighted by molar-refractivity contribution is 7.13. The minimum Gasteiger partial charge on any atom is -0.335 e. The van der Waals surface area contributed by atoms with Crippen LogP contribution in [0.2, 0.25) is 0 Å². The minimum atomic E-state index is -4.68. The third-order valence-electron chi connectivity index (χ3n) is 3.15. The van der Waals surface area contributed by atoms with Gasteiger partial charge in [0.2, 0.25) is 0 Å². The Hall–Kier alpha value is -2.17. The van der Waals surface area contributed by atoms with Crippen LogP contribution in [-0.2, 0) is 15.8 Å². The quantitative estimate of drug-likeness (QED) is 0.410. The first-order chi connectivity index (χ1) is 12.6. The Labute approximate surface area is 164 Å². The van der Waals surface area contributed by atoms with Crippen LogP contribution in [0.15, 0.2) is 35.8 Å². The molecule has 0 aliphatic heterocycles. The molecule has 27 heavy (non-hydrogen) atoms. The van der Waals surface area contributed by atoms with Crippen LogP contribution in [0.1, 0.15) is 15.9 Å². The fourth-order valence-electron chi connectivity index (χ4n) is 1.93. The van der Waals surface area contributed by atoms with Crippen molar-refractivity contribution in [1.29, 1.82) is 0 Å². The molecule has 0 aliphatic rings. The molecule has 0 spiro atoms. The molecule has 2 amide bonds. The molecule has 12 heteroatoms. The van der Waals surface area contributed by atoms with Crippen molar-refractivity contribution in [1.82, 2.24) is 10.3 Å². The van der Waals surface area contributed by atoms with E-state index in [9.17, 15) is 27.6 Å².